The first kappa shape index (κ1) is 14.1. The molecule has 1 unspecified atom stereocenters. The van der Waals surface area contributed by atoms with Crippen LogP contribution in [-0.4, -0.2) is 6.04 Å². The number of hydrogen-bond acceptors (Lipinski definition) is 2. The molecule has 0 radical (unpaired) electrons. The Balaban J connectivity index is 3.02. The van der Waals surface area contributed by atoms with Crippen LogP contribution in [0.25, 0.3) is 0 Å². The van der Waals surface area contributed by atoms with Crippen molar-refractivity contribution in [3.8, 4) is 6.07 Å². The van der Waals surface area contributed by atoms with E-state index in [1.165, 1.54) is 6.07 Å². The van der Waals surface area contributed by atoms with Gasteiger partial charge in [-0.3, -0.25) is 0 Å². The summed E-state index contributed by atoms with van der Waals surface area (Å²) in [6.45, 7) is 5.44. The number of nitriles is 1. The summed E-state index contributed by atoms with van der Waals surface area (Å²) < 4.78 is 37.4. The first-order valence-electron chi connectivity index (χ1n) is 5.37. The van der Waals surface area contributed by atoms with Crippen molar-refractivity contribution in [3.05, 3.63) is 42.0 Å². The minimum absolute atomic E-state index is 0.00587. The van der Waals surface area contributed by atoms with Crippen LogP contribution in [-0.2, 0) is 6.18 Å². The van der Waals surface area contributed by atoms with Gasteiger partial charge in [0.25, 0.3) is 0 Å². The molecule has 0 fully saturated rings. The van der Waals surface area contributed by atoms with Crippen LogP contribution in [0.5, 0.6) is 0 Å². The van der Waals surface area contributed by atoms with E-state index in [0.29, 0.717) is 12.1 Å². The molecule has 0 bridgehead atoms. The molecule has 0 aliphatic rings. The summed E-state index contributed by atoms with van der Waals surface area (Å²) in [4.78, 5) is 0. The van der Waals surface area contributed by atoms with Crippen LogP contribution in [0.15, 0.2) is 30.9 Å². The molecule has 0 aliphatic heterocycles. The Morgan fingerprint density at radius 2 is 2.17 bits per heavy atom. The standard InChI is InChI=1S/C13H13F3N2/c1-3-4-9(2)18-12-6-5-11(13(14,15)16)7-10(12)8-17/h3,5-7,9,18H,1,4H2,2H3. The van der Waals surface area contributed by atoms with Crippen LogP contribution >= 0.6 is 0 Å². The van der Waals surface area contributed by atoms with Crippen molar-refractivity contribution in [1.82, 2.24) is 0 Å². The molecule has 0 saturated carbocycles. The van der Waals surface area contributed by atoms with Crippen LogP contribution in [0.3, 0.4) is 0 Å². The summed E-state index contributed by atoms with van der Waals surface area (Å²) in [7, 11) is 0. The number of alkyl halides is 3. The predicted molar refractivity (Wildman–Crippen MR) is 64.1 cm³/mol. The third kappa shape index (κ3) is 3.52. The number of anilines is 1. The zero-order valence-corrected chi connectivity index (χ0v) is 9.88. The van der Waals surface area contributed by atoms with Gasteiger partial charge in [-0.25, -0.2) is 0 Å². The summed E-state index contributed by atoms with van der Waals surface area (Å²) in [6, 6.07) is 4.86. The molecule has 0 saturated heterocycles. The van der Waals surface area contributed by atoms with Gasteiger partial charge in [0, 0.05) is 6.04 Å². The monoisotopic (exact) mass is 254 g/mol. The zero-order chi connectivity index (χ0) is 13.8. The molecular formula is C13H13F3N2. The lowest BCUT2D eigenvalue weighted by Gasteiger charge is -2.15. The molecule has 0 aromatic heterocycles. The number of nitrogens with zero attached hydrogens (tertiary/aromatic N) is 1. The molecule has 1 atom stereocenters. The molecule has 18 heavy (non-hydrogen) atoms. The normalized spacial score (nSPS) is 12.6. The SMILES string of the molecule is C=CCC(C)Nc1ccc(C(F)(F)F)cc1C#N. The number of halogens is 3. The average Bonchev–Trinajstić information content (AvgIpc) is 2.28. The number of rotatable bonds is 4. The molecule has 5 heteroatoms. The van der Waals surface area contributed by atoms with Crippen molar-refractivity contribution in [2.75, 3.05) is 5.32 Å². The Morgan fingerprint density at radius 1 is 1.50 bits per heavy atom. The number of nitrogens with one attached hydrogen (secondary N) is 1. The van der Waals surface area contributed by atoms with Gasteiger partial charge < -0.3 is 5.32 Å². The molecule has 2 nitrogen and oxygen atoms in total. The van der Waals surface area contributed by atoms with E-state index in [9.17, 15) is 13.2 Å². The van der Waals surface area contributed by atoms with Gasteiger partial charge >= 0.3 is 6.18 Å². The molecule has 1 N–H and O–H groups in total. The Morgan fingerprint density at radius 3 is 2.67 bits per heavy atom. The predicted octanol–water partition coefficient (Wildman–Crippen LogP) is 3.95. The Hall–Kier alpha value is -1.96. The molecule has 1 aromatic carbocycles. The fourth-order valence-electron chi connectivity index (χ4n) is 1.51. The van der Waals surface area contributed by atoms with Gasteiger partial charge in [0.05, 0.1) is 16.8 Å². The second-order valence-corrected chi connectivity index (χ2v) is 3.94. The smallest absolute Gasteiger partial charge is 0.381 e. The lowest BCUT2D eigenvalue weighted by Crippen LogP contribution is -2.15. The van der Waals surface area contributed by atoms with Crippen LogP contribution in [0.1, 0.15) is 24.5 Å². The summed E-state index contributed by atoms with van der Waals surface area (Å²) in [6.07, 6.45) is -2.07. The van der Waals surface area contributed by atoms with Crippen molar-refractivity contribution in [1.29, 1.82) is 5.26 Å². The van der Waals surface area contributed by atoms with E-state index in [2.05, 4.69) is 11.9 Å². The molecule has 1 rings (SSSR count). The van der Waals surface area contributed by atoms with E-state index in [1.807, 2.05) is 6.92 Å². The molecule has 0 heterocycles. The molecule has 0 spiro atoms. The van der Waals surface area contributed by atoms with E-state index >= 15 is 0 Å². The molecule has 1 aromatic rings. The fraction of sp³-hybridized carbons (Fsp3) is 0.308. The van der Waals surface area contributed by atoms with Crippen molar-refractivity contribution < 1.29 is 13.2 Å². The molecule has 0 amide bonds. The first-order valence-corrected chi connectivity index (χ1v) is 5.37. The van der Waals surface area contributed by atoms with E-state index in [1.54, 1.807) is 12.1 Å². The quantitative estimate of drug-likeness (QED) is 0.826. The summed E-state index contributed by atoms with van der Waals surface area (Å²) in [5.74, 6) is 0. The van der Waals surface area contributed by atoms with Crippen LogP contribution < -0.4 is 5.32 Å². The van der Waals surface area contributed by atoms with E-state index in [0.717, 1.165) is 12.1 Å². The van der Waals surface area contributed by atoms with Crippen molar-refractivity contribution in [3.63, 3.8) is 0 Å². The topological polar surface area (TPSA) is 35.8 Å². The average molecular weight is 254 g/mol. The van der Waals surface area contributed by atoms with E-state index < -0.39 is 11.7 Å². The zero-order valence-electron chi connectivity index (χ0n) is 9.88. The molecular weight excluding hydrogens is 241 g/mol. The van der Waals surface area contributed by atoms with Gasteiger partial charge in [-0.15, -0.1) is 6.58 Å². The maximum absolute atomic E-state index is 12.5. The Bertz CT molecular complexity index is 472. The summed E-state index contributed by atoms with van der Waals surface area (Å²) >= 11 is 0. The van der Waals surface area contributed by atoms with Crippen LogP contribution in [0.2, 0.25) is 0 Å². The number of benzene rings is 1. The number of hydrogen-bond donors (Lipinski definition) is 1. The van der Waals surface area contributed by atoms with Crippen molar-refractivity contribution >= 4 is 5.69 Å². The highest BCUT2D eigenvalue weighted by Gasteiger charge is 2.31. The first-order chi connectivity index (χ1) is 8.38. The Labute approximate surface area is 104 Å². The minimum Gasteiger partial charge on any atom is -0.381 e. The highest BCUT2D eigenvalue weighted by molar-refractivity contribution is 5.59. The third-order valence-electron chi connectivity index (χ3n) is 2.39. The van der Waals surface area contributed by atoms with E-state index in [4.69, 9.17) is 5.26 Å². The second-order valence-electron chi connectivity index (χ2n) is 3.94. The summed E-state index contributed by atoms with van der Waals surface area (Å²) in [5.41, 5.74) is -0.429. The highest BCUT2D eigenvalue weighted by atomic mass is 19.4. The van der Waals surface area contributed by atoms with Gasteiger partial charge in [0.15, 0.2) is 0 Å². The van der Waals surface area contributed by atoms with Gasteiger partial charge in [-0.05, 0) is 31.5 Å². The second kappa shape index (κ2) is 5.58. The maximum atomic E-state index is 12.5. The lowest BCUT2D eigenvalue weighted by molar-refractivity contribution is -0.137. The van der Waals surface area contributed by atoms with Crippen LogP contribution in [0, 0.1) is 11.3 Å². The fourth-order valence-corrected chi connectivity index (χ4v) is 1.51. The van der Waals surface area contributed by atoms with Gasteiger partial charge in [0.1, 0.15) is 6.07 Å². The highest BCUT2D eigenvalue weighted by Crippen LogP contribution is 2.31. The Kier molecular flexibility index (Phi) is 4.38. The third-order valence-corrected chi connectivity index (χ3v) is 2.39. The van der Waals surface area contributed by atoms with Crippen molar-refractivity contribution in [2.24, 2.45) is 0 Å². The van der Waals surface area contributed by atoms with Crippen LogP contribution in [0.4, 0.5) is 18.9 Å². The molecule has 96 valence electrons. The minimum atomic E-state index is -4.43. The van der Waals surface area contributed by atoms with Gasteiger partial charge in [-0.1, -0.05) is 6.08 Å². The maximum Gasteiger partial charge on any atom is 0.416 e. The van der Waals surface area contributed by atoms with Gasteiger partial charge in [0.2, 0.25) is 0 Å². The largest absolute Gasteiger partial charge is 0.416 e. The summed E-state index contributed by atoms with van der Waals surface area (Å²) in [5, 5.41) is 11.9. The lowest BCUT2D eigenvalue weighted by atomic mass is 10.1. The molecule has 0 aliphatic carbocycles. The van der Waals surface area contributed by atoms with Gasteiger partial charge in [-0.2, -0.15) is 18.4 Å². The van der Waals surface area contributed by atoms with Crippen molar-refractivity contribution in [2.45, 2.75) is 25.6 Å². The van der Waals surface area contributed by atoms with E-state index in [-0.39, 0.29) is 11.6 Å².